The van der Waals surface area contributed by atoms with E-state index in [2.05, 4.69) is 9.51 Å². The minimum Gasteiger partial charge on any atom is -0.506 e. The monoisotopic (exact) mass is 377 g/mol. The molecule has 25 heavy (non-hydrogen) atoms. The van der Waals surface area contributed by atoms with Crippen molar-refractivity contribution in [3.63, 3.8) is 0 Å². The molecule has 7 N–H and O–H groups in total. The molecular formula is C14H24N3O7P. The lowest BCUT2D eigenvalue weighted by molar-refractivity contribution is -0.146. The summed E-state index contributed by atoms with van der Waals surface area (Å²) in [6.45, 7) is 1.22. The highest BCUT2D eigenvalue weighted by atomic mass is 31.2. The molecule has 0 saturated carbocycles. The molecule has 142 valence electrons. The lowest BCUT2D eigenvalue weighted by atomic mass is 10.1. The molecular weight excluding hydrogens is 353 g/mol. The first-order valence-corrected chi connectivity index (χ1v) is 9.17. The van der Waals surface area contributed by atoms with Crippen LogP contribution in [0.3, 0.4) is 0 Å². The SMILES string of the molecule is Cc1ncc(COP(=O)(O)O)c(COC(=O)[C@@H](N)CCCCN)c1O. The van der Waals surface area contributed by atoms with Gasteiger partial charge in [-0.15, -0.1) is 0 Å². The Morgan fingerprint density at radius 2 is 2.04 bits per heavy atom. The van der Waals surface area contributed by atoms with E-state index in [4.69, 9.17) is 26.0 Å². The number of rotatable bonds is 10. The maximum atomic E-state index is 11.9. The molecule has 1 atom stereocenters. The van der Waals surface area contributed by atoms with Gasteiger partial charge in [-0.2, -0.15) is 0 Å². The fraction of sp³-hybridized carbons (Fsp3) is 0.571. The van der Waals surface area contributed by atoms with Crippen LogP contribution in [0.15, 0.2) is 6.20 Å². The van der Waals surface area contributed by atoms with Crippen molar-refractivity contribution in [2.24, 2.45) is 11.5 Å². The van der Waals surface area contributed by atoms with Crippen molar-refractivity contribution in [1.29, 1.82) is 0 Å². The zero-order chi connectivity index (χ0) is 19.0. The second-order valence-electron chi connectivity index (χ2n) is 5.46. The molecule has 0 saturated heterocycles. The van der Waals surface area contributed by atoms with Crippen molar-refractivity contribution < 1.29 is 33.5 Å². The highest BCUT2D eigenvalue weighted by Gasteiger charge is 2.20. The summed E-state index contributed by atoms with van der Waals surface area (Å²) >= 11 is 0. The Labute approximate surface area is 145 Å². The van der Waals surface area contributed by atoms with Crippen LogP contribution in [0.1, 0.15) is 36.1 Å². The van der Waals surface area contributed by atoms with Crippen LogP contribution in [-0.4, -0.2) is 38.4 Å². The fourth-order valence-electron chi connectivity index (χ4n) is 2.00. The molecule has 0 fully saturated rings. The number of phosphoric ester groups is 1. The summed E-state index contributed by atoms with van der Waals surface area (Å²) < 4.78 is 20.3. The number of carbonyl (C=O) groups excluding carboxylic acids is 1. The smallest absolute Gasteiger partial charge is 0.469 e. The Morgan fingerprint density at radius 3 is 2.64 bits per heavy atom. The Balaban J connectivity index is 2.77. The highest BCUT2D eigenvalue weighted by Crippen LogP contribution is 2.38. The third-order valence-corrected chi connectivity index (χ3v) is 3.91. The summed E-state index contributed by atoms with van der Waals surface area (Å²) in [7, 11) is -4.69. The number of nitrogens with zero attached hydrogens (tertiary/aromatic N) is 1. The quantitative estimate of drug-likeness (QED) is 0.215. The van der Waals surface area contributed by atoms with E-state index in [-0.39, 0.29) is 29.2 Å². The summed E-state index contributed by atoms with van der Waals surface area (Å²) in [5, 5.41) is 10.1. The van der Waals surface area contributed by atoms with Crippen molar-refractivity contribution in [2.75, 3.05) is 6.54 Å². The molecule has 0 aliphatic carbocycles. The van der Waals surface area contributed by atoms with Crippen LogP contribution in [0, 0.1) is 6.92 Å². The summed E-state index contributed by atoms with van der Waals surface area (Å²) in [4.78, 5) is 33.4. The van der Waals surface area contributed by atoms with Gasteiger partial charge in [-0.1, -0.05) is 6.42 Å². The van der Waals surface area contributed by atoms with E-state index in [1.54, 1.807) is 0 Å². The third kappa shape index (κ3) is 7.47. The van der Waals surface area contributed by atoms with Gasteiger partial charge < -0.3 is 31.1 Å². The van der Waals surface area contributed by atoms with Gasteiger partial charge in [0.15, 0.2) is 0 Å². The lowest BCUT2D eigenvalue weighted by Gasteiger charge is -2.15. The summed E-state index contributed by atoms with van der Waals surface area (Å²) in [6, 6.07) is -0.813. The molecule has 0 amide bonds. The largest absolute Gasteiger partial charge is 0.506 e. The Morgan fingerprint density at radius 1 is 1.36 bits per heavy atom. The number of aromatic hydroxyl groups is 1. The standard InChI is InChI=1S/C14H24N3O7P/c1-9-13(18)11(10(6-17-9)7-24-25(20,21)22)8-23-14(19)12(16)4-2-3-5-15/h6,12,18H,2-5,7-8,15-16H2,1H3,(H2,20,21,22)/t12-/m0/s1. The number of phosphoric acid groups is 1. The van der Waals surface area contributed by atoms with Crippen molar-refractivity contribution in [1.82, 2.24) is 4.98 Å². The Bertz CT molecular complexity index is 635. The van der Waals surface area contributed by atoms with Gasteiger partial charge in [0.1, 0.15) is 18.4 Å². The molecule has 1 heterocycles. The molecule has 0 spiro atoms. The summed E-state index contributed by atoms with van der Waals surface area (Å²) in [5.41, 5.74) is 11.7. The summed E-state index contributed by atoms with van der Waals surface area (Å²) in [6.07, 6.45) is 3.14. The number of pyridine rings is 1. The number of nitrogens with two attached hydrogens (primary N) is 2. The minimum absolute atomic E-state index is 0.156. The second kappa shape index (κ2) is 9.81. The molecule has 1 aromatic rings. The van der Waals surface area contributed by atoms with E-state index in [0.29, 0.717) is 19.4 Å². The number of hydrogen-bond acceptors (Lipinski definition) is 8. The van der Waals surface area contributed by atoms with E-state index in [1.165, 1.54) is 13.1 Å². The number of aryl methyl sites for hydroxylation is 1. The first-order chi connectivity index (χ1) is 11.7. The van der Waals surface area contributed by atoms with Crippen LogP contribution in [0.25, 0.3) is 0 Å². The zero-order valence-electron chi connectivity index (χ0n) is 13.9. The summed E-state index contributed by atoms with van der Waals surface area (Å²) in [5.74, 6) is -0.885. The molecule has 10 nitrogen and oxygen atoms in total. The van der Waals surface area contributed by atoms with Crippen LogP contribution in [0.5, 0.6) is 5.75 Å². The van der Waals surface area contributed by atoms with Crippen LogP contribution >= 0.6 is 7.82 Å². The van der Waals surface area contributed by atoms with Gasteiger partial charge in [-0.25, -0.2) is 4.57 Å². The second-order valence-corrected chi connectivity index (χ2v) is 6.70. The highest BCUT2D eigenvalue weighted by molar-refractivity contribution is 7.46. The first kappa shape index (κ1) is 21.5. The van der Waals surface area contributed by atoms with Crippen LogP contribution in [0.4, 0.5) is 0 Å². The Kier molecular flexibility index (Phi) is 8.43. The van der Waals surface area contributed by atoms with E-state index in [1.807, 2.05) is 0 Å². The van der Waals surface area contributed by atoms with E-state index >= 15 is 0 Å². The molecule has 0 radical (unpaired) electrons. The molecule has 0 aromatic carbocycles. The first-order valence-electron chi connectivity index (χ1n) is 7.64. The minimum atomic E-state index is -4.69. The average molecular weight is 377 g/mol. The lowest BCUT2D eigenvalue weighted by Crippen LogP contribution is -2.32. The van der Waals surface area contributed by atoms with Crippen molar-refractivity contribution in [3.8, 4) is 5.75 Å². The Hall–Kier alpha value is -1.55. The molecule has 0 aliphatic heterocycles. The van der Waals surface area contributed by atoms with Gasteiger partial charge in [-0.3, -0.25) is 14.3 Å². The number of ether oxygens (including phenoxy) is 1. The van der Waals surface area contributed by atoms with Gasteiger partial charge in [0.2, 0.25) is 0 Å². The predicted octanol–water partition coefficient (Wildman–Crippen LogP) is 0.204. The topological polar surface area (TPSA) is 178 Å². The van der Waals surface area contributed by atoms with Gasteiger partial charge in [0, 0.05) is 17.3 Å². The van der Waals surface area contributed by atoms with Crippen LogP contribution < -0.4 is 11.5 Å². The van der Waals surface area contributed by atoms with Crippen molar-refractivity contribution in [3.05, 3.63) is 23.0 Å². The molecule has 11 heteroatoms. The number of esters is 1. The number of aromatic nitrogens is 1. The van der Waals surface area contributed by atoms with Gasteiger partial charge in [-0.05, 0) is 26.3 Å². The zero-order valence-corrected chi connectivity index (χ0v) is 14.8. The number of unbranched alkanes of at least 4 members (excludes halogenated alkanes) is 1. The molecule has 0 bridgehead atoms. The van der Waals surface area contributed by atoms with Gasteiger partial charge in [0.25, 0.3) is 0 Å². The van der Waals surface area contributed by atoms with Gasteiger partial charge in [0.05, 0.1) is 12.3 Å². The molecule has 1 rings (SSSR count). The maximum absolute atomic E-state index is 11.9. The van der Waals surface area contributed by atoms with Crippen molar-refractivity contribution >= 4 is 13.8 Å². The van der Waals surface area contributed by atoms with E-state index in [9.17, 15) is 14.5 Å². The van der Waals surface area contributed by atoms with Gasteiger partial charge >= 0.3 is 13.8 Å². The predicted molar refractivity (Wildman–Crippen MR) is 88.1 cm³/mol. The van der Waals surface area contributed by atoms with Crippen LogP contribution in [-0.2, 0) is 31.8 Å². The molecule has 0 aliphatic rings. The third-order valence-electron chi connectivity index (χ3n) is 3.45. The van der Waals surface area contributed by atoms with Crippen molar-refractivity contribution in [2.45, 2.75) is 45.4 Å². The average Bonchev–Trinajstić information content (AvgIpc) is 2.54. The fourth-order valence-corrected chi connectivity index (χ4v) is 2.31. The number of hydrogen-bond donors (Lipinski definition) is 5. The number of carbonyl (C=O) groups is 1. The normalized spacial score (nSPS) is 12.8. The molecule has 0 unspecified atom stereocenters. The maximum Gasteiger partial charge on any atom is 0.469 e. The molecule has 1 aromatic heterocycles. The van der Waals surface area contributed by atoms with Crippen LogP contribution in [0.2, 0.25) is 0 Å². The van der Waals surface area contributed by atoms with E-state index in [0.717, 1.165) is 6.42 Å². The van der Waals surface area contributed by atoms with E-state index < -0.39 is 26.4 Å².